The molecular weight excluding hydrogens is 534 g/mol. The number of fused-ring (bicyclic) bond motifs is 3. The predicted octanol–water partition coefficient (Wildman–Crippen LogP) is 2.39. The molecule has 0 bridgehead atoms. The predicted molar refractivity (Wildman–Crippen MR) is 140 cm³/mol. The van der Waals surface area contributed by atoms with Crippen molar-refractivity contribution in [2.24, 2.45) is 0 Å². The third-order valence-electron chi connectivity index (χ3n) is 5.30. The Hall–Kier alpha value is -2.18. The maximum atomic E-state index is 3.82. The first-order valence-electron chi connectivity index (χ1n) is 10.7. The second kappa shape index (κ2) is 14.9. The average molecular weight is 563 g/mol. The summed E-state index contributed by atoms with van der Waals surface area (Å²) < 4.78 is 1.46. The van der Waals surface area contributed by atoms with E-state index in [2.05, 4.69) is 106 Å². The number of hydrogen-bond acceptors (Lipinski definition) is 0. The number of hydrogen-bond donors (Lipinski definition) is 0. The van der Waals surface area contributed by atoms with E-state index in [4.69, 9.17) is 0 Å². The summed E-state index contributed by atoms with van der Waals surface area (Å²) in [7, 11) is 0. The van der Waals surface area contributed by atoms with E-state index < -0.39 is 0 Å². The van der Waals surface area contributed by atoms with Crippen LogP contribution in [0.3, 0.4) is 0 Å². The van der Waals surface area contributed by atoms with Gasteiger partial charge in [-0.15, -0.1) is 46.2 Å². The number of rotatable bonds is 3. The van der Waals surface area contributed by atoms with Crippen molar-refractivity contribution < 1.29 is 49.0 Å². The van der Waals surface area contributed by atoms with Crippen molar-refractivity contribution in [3.63, 3.8) is 0 Å². The van der Waals surface area contributed by atoms with Crippen LogP contribution in [0, 0.1) is 13.0 Å². The van der Waals surface area contributed by atoms with Gasteiger partial charge in [0.25, 0.3) is 0 Å². The molecule has 1 aliphatic carbocycles. The molecule has 0 aromatic heterocycles. The molecule has 3 heteroatoms. The van der Waals surface area contributed by atoms with E-state index in [0.29, 0.717) is 0 Å². The van der Waals surface area contributed by atoms with Crippen molar-refractivity contribution in [2.75, 3.05) is 0 Å². The van der Waals surface area contributed by atoms with Gasteiger partial charge in [0.1, 0.15) is 0 Å². The molecule has 0 nitrogen and oxygen atoms in total. The van der Waals surface area contributed by atoms with Crippen LogP contribution in [0.5, 0.6) is 0 Å². The Morgan fingerprint density at radius 1 is 0.882 bits per heavy atom. The maximum Gasteiger partial charge on any atom is -0.109 e. The zero-order chi connectivity index (χ0) is 22.9. The molecule has 0 fully saturated rings. The van der Waals surface area contributed by atoms with E-state index in [1.807, 2.05) is 24.3 Å². The first-order valence-corrected chi connectivity index (χ1v) is 12.0. The molecule has 0 aliphatic heterocycles. The summed E-state index contributed by atoms with van der Waals surface area (Å²) in [6.45, 7) is 11.9. The second-order valence-electron chi connectivity index (χ2n) is 7.74. The third kappa shape index (κ3) is 8.24. The van der Waals surface area contributed by atoms with Gasteiger partial charge in [-0.3, -0.25) is 6.08 Å². The van der Waals surface area contributed by atoms with Gasteiger partial charge in [0, 0.05) is 0 Å². The Balaban J connectivity index is 0.000000290. The molecule has 4 aromatic rings. The third-order valence-corrected chi connectivity index (χ3v) is 6.01. The summed E-state index contributed by atoms with van der Waals surface area (Å²) in [5.74, 6) is 0. The average Bonchev–Trinajstić information content (AvgIpc) is 3.51. The smallest absolute Gasteiger partial charge is 0.109 e. The van der Waals surface area contributed by atoms with Crippen LogP contribution in [-0.2, 0) is 24.2 Å². The van der Waals surface area contributed by atoms with E-state index in [-0.39, 0.29) is 24.8 Å². The van der Waals surface area contributed by atoms with E-state index >= 15 is 0 Å². The Labute approximate surface area is 231 Å². The van der Waals surface area contributed by atoms with Crippen molar-refractivity contribution in [3.8, 4) is 0 Å². The summed E-state index contributed by atoms with van der Waals surface area (Å²) >= 11 is 1.51. The van der Waals surface area contributed by atoms with Crippen LogP contribution >= 0.6 is 0 Å². The van der Waals surface area contributed by atoms with Crippen LogP contribution in [0.15, 0.2) is 98.1 Å². The molecule has 5 rings (SSSR count). The molecule has 0 heterocycles. The molecule has 34 heavy (non-hydrogen) atoms. The van der Waals surface area contributed by atoms with Crippen LogP contribution < -0.4 is 24.8 Å². The van der Waals surface area contributed by atoms with Crippen LogP contribution in [0.2, 0.25) is 0 Å². The number of halogens is 2. The fraction of sp³-hybridized carbons (Fsp3) is 0.0968. The minimum absolute atomic E-state index is 0. The second-order valence-corrected chi connectivity index (χ2v) is 9.58. The van der Waals surface area contributed by atoms with Gasteiger partial charge >= 0.3 is 76.7 Å². The first kappa shape index (κ1) is 29.9. The number of benzene rings is 3. The van der Waals surface area contributed by atoms with Gasteiger partial charge in [0.15, 0.2) is 0 Å². The van der Waals surface area contributed by atoms with Gasteiger partial charge in [-0.1, -0.05) is 49.6 Å². The topological polar surface area (TPSA) is 0 Å². The van der Waals surface area contributed by atoms with Crippen molar-refractivity contribution in [3.05, 3.63) is 126 Å². The molecule has 0 saturated heterocycles. The largest absolute Gasteiger partial charge is 1.00 e. The van der Waals surface area contributed by atoms with Gasteiger partial charge in [0.05, 0.1) is 0 Å². The van der Waals surface area contributed by atoms with E-state index in [1.54, 1.807) is 0 Å². The fourth-order valence-electron chi connectivity index (χ4n) is 3.43. The molecule has 0 amide bonds. The summed E-state index contributed by atoms with van der Waals surface area (Å²) in [4.78, 5) is 0. The minimum Gasteiger partial charge on any atom is -1.00 e. The van der Waals surface area contributed by atoms with Crippen molar-refractivity contribution >= 4 is 36.9 Å². The molecule has 0 spiro atoms. The number of aryl methyl sites for hydroxylation is 1. The Kier molecular flexibility index (Phi) is 13.1. The molecule has 4 aromatic carbocycles. The van der Waals surface area contributed by atoms with E-state index in [9.17, 15) is 0 Å². The standard InChI is InChI=1S/C17H13.C9H10.C5H5.2ClH.Zr/c1-3-12-5-7-14-11-15-8-6-13(4-2)10-17(15)16(14)9-12;1-3-9-6-4-8(2)5-7-9;1-2-4-5-3-1;;;/h3-11H,1-2H2;4-7H,1-2H3;1-3H,4H2;2*1H;/q-1;;-1;;;+2/p-2. The summed E-state index contributed by atoms with van der Waals surface area (Å²) in [5.41, 5.74) is 5.03. The minimum atomic E-state index is 0. The molecule has 0 N–H and O–H groups in total. The van der Waals surface area contributed by atoms with Crippen LogP contribution in [-0.4, -0.2) is 3.21 Å². The number of allylic oxidation sites excluding steroid dienone is 4. The van der Waals surface area contributed by atoms with Crippen molar-refractivity contribution in [2.45, 2.75) is 20.3 Å². The van der Waals surface area contributed by atoms with Crippen LogP contribution in [0.4, 0.5) is 0 Å². The summed E-state index contributed by atoms with van der Waals surface area (Å²) in [6.07, 6.45) is 13.8. The zero-order valence-electron chi connectivity index (χ0n) is 19.6. The Bertz CT molecular complexity index is 1230. The maximum absolute atomic E-state index is 3.82. The molecule has 0 unspecified atom stereocenters. The van der Waals surface area contributed by atoms with Crippen LogP contribution in [0.1, 0.15) is 35.6 Å². The molecule has 0 atom stereocenters. The first-order chi connectivity index (χ1) is 15.5. The molecule has 1 aliphatic rings. The SMILES string of the molecule is C=Cc1ccc2[cH-]c3ccc(C=C)cc3c2c1.C[C](=[Zr+2])c1ccc(C)cc1.[C-]1=CC=CC1.[Cl-].[Cl-]. The fourth-order valence-corrected chi connectivity index (χ4v) is 3.84. The van der Waals surface area contributed by atoms with Gasteiger partial charge in [0.2, 0.25) is 0 Å². The van der Waals surface area contributed by atoms with Crippen LogP contribution in [0.25, 0.3) is 33.7 Å². The Morgan fingerprint density at radius 2 is 1.41 bits per heavy atom. The van der Waals surface area contributed by atoms with Gasteiger partial charge < -0.3 is 24.8 Å². The Morgan fingerprint density at radius 3 is 1.76 bits per heavy atom. The summed E-state index contributed by atoms with van der Waals surface area (Å²) in [6, 6.07) is 23.8. The molecular formula is C31H28Cl2Zr-2. The van der Waals surface area contributed by atoms with Gasteiger partial charge in [-0.25, -0.2) is 12.2 Å². The zero-order valence-corrected chi connectivity index (χ0v) is 23.6. The molecule has 172 valence electrons. The van der Waals surface area contributed by atoms with E-state index in [1.165, 1.54) is 60.1 Å². The van der Waals surface area contributed by atoms with E-state index in [0.717, 1.165) is 17.5 Å². The summed E-state index contributed by atoms with van der Waals surface area (Å²) in [5, 5.41) is 5.15. The molecule has 0 saturated carbocycles. The van der Waals surface area contributed by atoms with Gasteiger partial charge in [-0.2, -0.15) is 6.08 Å². The quantitative estimate of drug-likeness (QED) is 0.337. The van der Waals surface area contributed by atoms with Crippen molar-refractivity contribution in [1.82, 2.24) is 0 Å². The van der Waals surface area contributed by atoms with Gasteiger partial charge in [-0.05, 0) is 11.1 Å². The normalized spacial score (nSPS) is 10.8. The molecule has 0 radical (unpaired) electrons. The monoisotopic (exact) mass is 560 g/mol. The van der Waals surface area contributed by atoms with Crippen molar-refractivity contribution in [1.29, 1.82) is 0 Å².